The molecule has 1 saturated heterocycles. The lowest BCUT2D eigenvalue weighted by atomic mass is 9.77. The van der Waals surface area contributed by atoms with Crippen LogP contribution in [0.1, 0.15) is 80.5 Å². The molecule has 5 atom stereocenters. The Hall–Kier alpha value is -6.59. The van der Waals surface area contributed by atoms with Crippen LogP contribution in [-0.4, -0.2) is 36.5 Å². The molecule has 5 aromatic rings. The van der Waals surface area contributed by atoms with Crippen LogP contribution in [0, 0.1) is 11.7 Å². The van der Waals surface area contributed by atoms with Crippen molar-refractivity contribution in [1.82, 2.24) is 0 Å². The van der Waals surface area contributed by atoms with Gasteiger partial charge >= 0.3 is 17.9 Å². The average Bonchev–Trinajstić information content (AvgIpc) is 3.25. The molecule has 1 amide bonds. The summed E-state index contributed by atoms with van der Waals surface area (Å²) in [5, 5.41) is 0. The van der Waals surface area contributed by atoms with Crippen molar-refractivity contribution in [3.05, 3.63) is 162 Å². The van der Waals surface area contributed by atoms with Gasteiger partial charge in [0.05, 0.1) is 18.1 Å². The summed E-state index contributed by atoms with van der Waals surface area (Å²) in [5.74, 6) is -1.46. The van der Waals surface area contributed by atoms with Crippen LogP contribution >= 0.6 is 0 Å². The minimum Gasteiger partial charge on any atom is -0.489 e. The van der Waals surface area contributed by atoms with E-state index in [1.165, 1.54) is 32.9 Å². The number of nitrogens with zero attached hydrogens (tertiary/aromatic N) is 1. The zero-order valence-electron chi connectivity index (χ0n) is 33.6. The minimum absolute atomic E-state index is 0.140. The second kappa shape index (κ2) is 19.0. The molecule has 10 nitrogen and oxygen atoms in total. The number of hydrogen-bond donors (Lipinski definition) is 0. The van der Waals surface area contributed by atoms with Crippen LogP contribution in [-0.2, 0) is 40.0 Å². The molecular formula is C49H46FNO9. The summed E-state index contributed by atoms with van der Waals surface area (Å²) in [6.07, 6.45) is 4.05. The van der Waals surface area contributed by atoms with Crippen LogP contribution < -0.4 is 14.4 Å². The number of β-lactam (4-membered cyclic amide) rings is 1. The third-order valence-corrected chi connectivity index (χ3v) is 10.5. The highest BCUT2D eigenvalue weighted by Gasteiger charge is 2.50. The van der Waals surface area contributed by atoms with E-state index in [2.05, 4.69) is 6.07 Å². The van der Waals surface area contributed by atoms with Gasteiger partial charge in [-0.15, -0.1) is 0 Å². The van der Waals surface area contributed by atoms with Crippen LogP contribution in [0.3, 0.4) is 0 Å². The van der Waals surface area contributed by atoms with Gasteiger partial charge in [-0.1, -0.05) is 84.9 Å². The summed E-state index contributed by atoms with van der Waals surface area (Å²) in [5.41, 5.74) is 5.70. The van der Waals surface area contributed by atoms with Gasteiger partial charge in [-0.25, -0.2) is 4.39 Å². The van der Waals surface area contributed by atoms with E-state index < -0.39 is 35.8 Å². The molecule has 0 radical (unpaired) electrons. The van der Waals surface area contributed by atoms with Crippen molar-refractivity contribution < 1.29 is 47.3 Å². The fraction of sp³-hybridized carbons (Fsp3) is 0.265. The smallest absolute Gasteiger partial charge is 0.308 e. The van der Waals surface area contributed by atoms with Crippen LogP contribution in [0.25, 0.3) is 11.1 Å². The van der Waals surface area contributed by atoms with E-state index in [0.29, 0.717) is 42.0 Å². The molecule has 60 heavy (non-hydrogen) atoms. The van der Waals surface area contributed by atoms with E-state index in [0.717, 1.165) is 27.8 Å². The third kappa shape index (κ3) is 10.2. The van der Waals surface area contributed by atoms with Crippen LogP contribution in [0.2, 0.25) is 0 Å². The van der Waals surface area contributed by atoms with Crippen molar-refractivity contribution in [2.75, 3.05) is 11.5 Å². The number of halogens is 1. The van der Waals surface area contributed by atoms with Crippen molar-refractivity contribution >= 4 is 29.5 Å². The molecule has 7 rings (SSSR count). The molecule has 0 bridgehead atoms. The predicted octanol–water partition coefficient (Wildman–Crippen LogP) is 9.73. The first-order chi connectivity index (χ1) is 29.0. The average molecular weight is 812 g/mol. The highest BCUT2D eigenvalue weighted by molar-refractivity contribution is 6.03. The molecule has 0 spiro atoms. The van der Waals surface area contributed by atoms with Crippen molar-refractivity contribution in [2.45, 2.75) is 71.0 Å². The molecular weight excluding hydrogens is 766 g/mol. The second-order valence-electron chi connectivity index (χ2n) is 14.9. The molecule has 2 aliphatic heterocycles. The maximum Gasteiger partial charge on any atom is 0.308 e. The highest BCUT2D eigenvalue weighted by atomic mass is 19.1. The summed E-state index contributed by atoms with van der Waals surface area (Å²) in [6.45, 7) is 4.47. The lowest BCUT2D eigenvalue weighted by Gasteiger charge is -2.48. The first-order valence-corrected chi connectivity index (χ1v) is 19.9. The van der Waals surface area contributed by atoms with Gasteiger partial charge in [0.25, 0.3) is 0 Å². The number of ether oxygens (including phenoxy) is 5. The van der Waals surface area contributed by atoms with Crippen molar-refractivity contribution in [3.8, 4) is 22.6 Å². The lowest BCUT2D eigenvalue weighted by Crippen LogP contribution is -2.55. The van der Waals surface area contributed by atoms with Crippen LogP contribution in [0.4, 0.5) is 10.1 Å². The van der Waals surface area contributed by atoms with Crippen molar-refractivity contribution in [1.29, 1.82) is 0 Å². The Morgan fingerprint density at radius 2 is 1.57 bits per heavy atom. The van der Waals surface area contributed by atoms with Crippen LogP contribution in [0.15, 0.2) is 133 Å². The normalized spacial score (nSPS) is 18.9. The van der Waals surface area contributed by atoms with E-state index in [9.17, 15) is 23.6 Å². The Morgan fingerprint density at radius 3 is 2.28 bits per heavy atom. The minimum atomic E-state index is -0.697. The Morgan fingerprint density at radius 1 is 0.817 bits per heavy atom. The molecule has 11 heteroatoms. The zero-order valence-corrected chi connectivity index (χ0v) is 33.6. The fourth-order valence-electron chi connectivity index (χ4n) is 7.70. The van der Waals surface area contributed by atoms with Gasteiger partial charge in [-0.3, -0.25) is 19.2 Å². The number of benzene rings is 5. The Kier molecular flexibility index (Phi) is 13.2. The van der Waals surface area contributed by atoms with Crippen molar-refractivity contribution in [2.24, 2.45) is 5.92 Å². The number of hydrogen-bond acceptors (Lipinski definition) is 9. The number of esters is 3. The largest absolute Gasteiger partial charge is 0.489 e. The predicted molar refractivity (Wildman–Crippen MR) is 222 cm³/mol. The third-order valence-electron chi connectivity index (χ3n) is 10.5. The summed E-state index contributed by atoms with van der Waals surface area (Å²) in [6, 6.07) is 35.9. The number of anilines is 1. The summed E-state index contributed by atoms with van der Waals surface area (Å²) >= 11 is 0. The SMILES string of the molecule is CC(=O)OC[C@H]1CC=C[C@@H](c2cccc(-c3ccc([C@@H]4[C@@H](CC[C@H](OC(C)=O)c5ccc(F)cc5)C(=O)N4c4ccc(OC(C)=O)cc4)c(OCc4ccccc4)c3)c2)O1. The zero-order chi connectivity index (χ0) is 42.2. The highest BCUT2D eigenvalue weighted by Crippen LogP contribution is 2.50. The lowest BCUT2D eigenvalue weighted by molar-refractivity contribution is -0.148. The van der Waals surface area contributed by atoms with Crippen LogP contribution in [0.5, 0.6) is 11.5 Å². The molecule has 2 heterocycles. The quantitative estimate of drug-likeness (QED) is 0.0441. The van der Waals surface area contributed by atoms with Gasteiger partial charge in [-0.2, -0.15) is 0 Å². The Labute approximate surface area is 348 Å². The van der Waals surface area contributed by atoms with E-state index in [4.69, 9.17) is 23.7 Å². The first kappa shape index (κ1) is 41.6. The van der Waals surface area contributed by atoms with E-state index >= 15 is 0 Å². The Bertz CT molecular complexity index is 2350. The molecule has 0 N–H and O–H groups in total. The Balaban J connectivity index is 1.24. The fourth-order valence-corrected chi connectivity index (χ4v) is 7.70. The van der Waals surface area contributed by atoms with E-state index in [1.54, 1.807) is 41.3 Å². The van der Waals surface area contributed by atoms with Gasteiger partial charge in [-0.05, 0) is 95.6 Å². The standard InChI is InChI=1S/C49H46FNO9/c1-31(52)56-30-42-13-8-14-45(60-42)38-12-7-11-36(27-38)37-17-24-43(47(28-37)57-29-34-9-5-4-6-10-34)48-44(25-26-46(59-33(3)54)35-15-18-39(50)19-16-35)49(55)51(48)40-20-22-41(23-21-40)58-32(2)53/h4-12,14-24,27-28,42,44-46,48H,13,25-26,29-30H2,1-3H3/t42-,44-,45+,46+,48-/m1/s1. The summed E-state index contributed by atoms with van der Waals surface area (Å²) in [7, 11) is 0. The van der Waals surface area contributed by atoms with Gasteiger partial charge in [0.15, 0.2) is 0 Å². The molecule has 5 aromatic carbocycles. The van der Waals surface area contributed by atoms with E-state index in [1.807, 2.05) is 78.9 Å². The maximum atomic E-state index is 14.3. The van der Waals surface area contributed by atoms with Gasteiger partial charge < -0.3 is 28.6 Å². The topological polar surface area (TPSA) is 118 Å². The molecule has 0 unspecified atom stereocenters. The second-order valence-corrected chi connectivity index (χ2v) is 14.9. The van der Waals surface area contributed by atoms with Gasteiger partial charge in [0.2, 0.25) is 5.91 Å². The van der Waals surface area contributed by atoms with Gasteiger partial charge in [0.1, 0.15) is 42.7 Å². The van der Waals surface area contributed by atoms with E-state index in [-0.39, 0.29) is 37.3 Å². The molecule has 308 valence electrons. The number of carbonyl (C=O) groups excluding carboxylic acids is 4. The van der Waals surface area contributed by atoms with Crippen molar-refractivity contribution in [3.63, 3.8) is 0 Å². The number of carbonyl (C=O) groups is 4. The summed E-state index contributed by atoms with van der Waals surface area (Å²) in [4.78, 5) is 51.3. The molecule has 1 fully saturated rings. The molecule has 2 aliphatic rings. The first-order valence-electron chi connectivity index (χ1n) is 19.9. The summed E-state index contributed by atoms with van der Waals surface area (Å²) < 4.78 is 43.0. The molecule has 0 saturated carbocycles. The number of amides is 1. The monoisotopic (exact) mass is 811 g/mol. The molecule has 0 aromatic heterocycles. The van der Waals surface area contributed by atoms with Gasteiger partial charge in [0, 0.05) is 32.0 Å². The maximum absolute atomic E-state index is 14.3. The number of rotatable bonds is 15. The molecule has 0 aliphatic carbocycles.